The van der Waals surface area contributed by atoms with Crippen LogP contribution in [-0.2, 0) is 14.4 Å². The van der Waals surface area contributed by atoms with Crippen LogP contribution in [0.4, 0.5) is 4.79 Å². The van der Waals surface area contributed by atoms with Gasteiger partial charge < -0.3 is 25.5 Å². The van der Waals surface area contributed by atoms with Crippen LogP contribution in [0.2, 0.25) is 0 Å². The molecule has 9 heteroatoms. The summed E-state index contributed by atoms with van der Waals surface area (Å²) in [6, 6.07) is -0.753. The molecule has 0 bridgehead atoms. The Bertz CT molecular complexity index is 366. The van der Waals surface area contributed by atoms with Gasteiger partial charge in [0.25, 0.3) is 0 Å². The molecule has 0 aromatic rings. The molecule has 0 radical (unpaired) electrons. The molecule has 0 fully saturated rings. The molecule has 0 aliphatic heterocycles. The molecular formula is C10H18N4O5. The fraction of sp³-hybridized carbons (Fsp3) is 0.600. The van der Waals surface area contributed by atoms with Crippen molar-refractivity contribution >= 4 is 23.8 Å². The maximum absolute atomic E-state index is 11.9. The number of likely N-dealkylation sites (N-methyl/N-ethyl adjacent to an activating group) is 2. The largest absolute Gasteiger partial charge is 0.480 e. The molecule has 0 aromatic heterocycles. The maximum atomic E-state index is 11.9. The normalized spacial score (nSPS) is 9.63. The number of nitrogens with zero attached hydrogens (tertiary/aromatic N) is 3. The van der Waals surface area contributed by atoms with E-state index in [-0.39, 0.29) is 12.5 Å². The summed E-state index contributed by atoms with van der Waals surface area (Å²) in [5, 5.41) is 8.66. The third-order valence-electron chi connectivity index (χ3n) is 2.14. The van der Waals surface area contributed by atoms with Gasteiger partial charge in [-0.25, -0.2) is 4.79 Å². The standard InChI is InChI=1S/C10H18N4O5/c1-12(2)8(16)5-13(3)10(19)14(4-7(11)15)6-9(17)18/h4-6H2,1-3H3,(H2,11,15)(H,17,18). The molecule has 0 unspecified atom stereocenters. The third kappa shape index (κ3) is 6.24. The summed E-state index contributed by atoms with van der Waals surface area (Å²) in [5.74, 6) is -2.44. The molecule has 0 aliphatic rings. The van der Waals surface area contributed by atoms with Crippen LogP contribution < -0.4 is 5.73 Å². The summed E-state index contributed by atoms with van der Waals surface area (Å²) in [5.41, 5.74) is 4.94. The predicted octanol–water partition coefficient (Wildman–Crippen LogP) is -2.00. The van der Waals surface area contributed by atoms with Crippen LogP contribution in [0.25, 0.3) is 0 Å². The van der Waals surface area contributed by atoms with E-state index in [1.54, 1.807) is 0 Å². The van der Waals surface area contributed by atoms with E-state index in [9.17, 15) is 19.2 Å². The summed E-state index contributed by atoms with van der Waals surface area (Å²) in [6.45, 7) is -1.41. The van der Waals surface area contributed by atoms with Crippen LogP contribution in [0.15, 0.2) is 0 Å². The molecule has 0 saturated carbocycles. The molecule has 0 rings (SSSR count). The number of hydrogen-bond donors (Lipinski definition) is 2. The minimum Gasteiger partial charge on any atom is -0.480 e. The molecule has 9 nitrogen and oxygen atoms in total. The number of amides is 4. The summed E-state index contributed by atoms with van der Waals surface area (Å²) < 4.78 is 0. The van der Waals surface area contributed by atoms with E-state index in [1.807, 2.05) is 0 Å². The first-order chi connectivity index (χ1) is 8.65. The van der Waals surface area contributed by atoms with Crippen LogP contribution in [0.1, 0.15) is 0 Å². The van der Waals surface area contributed by atoms with Crippen molar-refractivity contribution in [3.05, 3.63) is 0 Å². The fourth-order valence-corrected chi connectivity index (χ4v) is 1.20. The van der Waals surface area contributed by atoms with Gasteiger partial charge in [-0.3, -0.25) is 14.4 Å². The highest BCUT2D eigenvalue weighted by Gasteiger charge is 2.23. The van der Waals surface area contributed by atoms with Gasteiger partial charge in [0, 0.05) is 21.1 Å². The van der Waals surface area contributed by atoms with E-state index in [0.717, 1.165) is 9.80 Å². The van der Waals surface area contributed by atoms with Crippen molar-refractivity contribution in [1.29, 1.82) is 0 Å². The topological polar surface area (TPSA) is 124 Å². The van der Waals surface area contributed by atoms with Crippen molar-refractivity contribution in [1.82, 2.24) is 14.7 Å². The molecule has 0 aromatic carbocycles. The Morgan fingerprint density at radius 1 is 1.00 bits per heavy atom. The van der Waals surface area contributed by atoms with Gasteiger partial charge in [-0.2, -0.15) is 0 Å². The highest BCUT2D eigenvalue weighted by atomic mass is 16.4. The van der Waals surface area contributed by atoms with E-state index >= 15 is 0 Å². The van der Waals surface area contributed by atoms with Crippen molar-refractivity contribution in [2.24, 2.45) is 5.73 Å². The molecule has 0 atom stereocenters. The highest BCUT2D eigenvalue weighted by Crippen LogP contribution is 1.98. The van der Waals surface area contributed by atoms with Gasteiger partial charge in [0.05, 0.1) is 0 Å². The summed E-state index contributed by atoms with van der Waals surface area (Å²) >= 11 is 0. The smallest absolute Gasteiger partial charge is 0.323 e. The number of urea groups is 1. The minimum absolute atomic E-state index is 0.222. The second-order valence-corrected chi connectivity index (χ2v) is 4.14. The number of primary amides is 1. The van der Waals surface area contributed by atoms with Crippen molar-refractivity contribution in [3.8, 4) is 0 Å². The molecule has 0 aliphatic carbocycles. The average Bonchev–Trinajstić information content (AvgIpc) is 2.25. The van der Waals surface area contributed by atoms with Crippen LogP contribution >= 0.6 is 0 Å². The Hall–Kier alpha value is -2.32. The lowest BCUT2D eigenvalue weighted by Crippen LogP contribution is -2.49. The molecule has 3 N–H and O–H groups in total. The first kappa shape index (κ1) is 16.7. The van der Waals surface area contributed by atoms with Gasteiger partial charge in [-0.15, -0.1) is 0 Å². The Morgan fingerprint density at radius 3 is 1.89 bits per heavy atom. The molecule has 19 heavy (non-hydrogen) atoms. The van der Waals surface area contributed by atoms with Crippen LogP contribution in [0.5, 0.6) is 0 Å². The van der Waals surface area contributed by atoms with Gasteiger partial charge in [-0.1, -0.05) is 0 Å². The molecule has 0 heterocycles. The zero-order valence-electron chi connectivity index (χ0n) is 11.1. The average molecular weight is 274 g/mol. The van der Waals surface area contributed by atoms with Crippen LogP contribution in [0, 0.1) is 0 Å². The Morgan fingerprint density at radius 2 is 1.53 bits per heavy atom. The lowest BCUT2D eigenvalue weighted by atomic mass is 10.4. The predicted molar refractivity (Wildman–Crippen MR) is 65.1 cm³/mol. The molecule has 0 saturated heterocycles. The number of nitrogens with two attached hydrogens (primary N) is 1. The van der Waals surface area contributed by atoms with Gasteiger partial charge in [-0.05, 0) is 0 Å². The molecule has 108 valence electrons. The van der Waals surface area contributed by atoms with E-state index in [2.05, 4.69) is 0 Å². The van der Waals surface area contributed by atoms with Gasteiger partial charge in [0.15, 0.2) is 0 Å². The van der Waals surface area contributed by atoms with Crippen molar-refractivity contribution in [3.63, 3.8) is 0 Å². The minimum atomic E-state index is -1.28. The molecule has 0 spiro atoms. The lowest BCUT2D eigenvalue weighted by molar-refractivity contribution is -0.138. The van der Waals surface area contributed by atoms with E-state index in [1.165, 1.54) is 26.0 Å². The van der Waals surface area contributed by atoms with E-state index in [4.69, 9.17) is 10.8 Å². The second-order valence-electron chi connectivity index (χ2n) is 4.14. The van der Waals surface area contributed by atoms with Crippen molar-refractivity contribution in [2.75, 3.05) is 40.8 Å². The molecular weight excluding hydrogens is 256 g/mol. The van der Waals surface area contributed by atoms with Gasteiger partial charge in [0.1, 0.15) is 19.6 Å². The van der Waals surface area contributed by atoms with Gasteiger partial charge >= 0.3 is 12.0 Å². The zero-order chi connectivity index (χ0) is 15.2. The Kier molecular flexibility index (Phi) is 6.31. The number of hydrogen-bond acceptors (Lipinski definition) is 4. The van der Waals surface area contributed by atoms with Crippen LogP contribution in [0.3, 0.4) is 0 Å². The Labute approximate surface area is 110 Å². The third-order valence-corrected chi connectivity index (χ3v) is 2.14. The number of carboxylic acid groups (broad SMARTS) is 1. The second kappa shape index (κ2) is 7.19. The maximum Gasteiger partial charge on any atom is 0.323 e. The summed E-state index contributed by atoms with van der Waals surface area (Å²) in [4.78, 5) is 47.8. The number of carbonyl (C=O) groups excluding carboxylic acids is 3. The first-order valence-corrected chi connectivity index (χ1v) is 5.35. The van der Waals surface area contributed by atoms with Crippen LogP contribution in [-0.4, -0.2) is 84.4 Å². The monoisotopic (exact) mass is 274 g/mol. The quantitative estimate of drug-likeness (QED) is 0.579. The summed E-state index contributed by atoms with van der Waals surface area (Å²) in [7, 11) is 4.39. The fourth-order valence-electron chi connectivity index (χ4n) is 1.20. The lowest BCUT2D eigenvalue weighted by Gasteiger charge is -2.26. The highest BCUT2D eigenvalue weighted by molar-refractivity contribution is 5.88. The molecule has 4 amide bonds. The van der Waals surface area contributed by atoms with E-state index < -0.39 is 31.0 Å². The first-order valence-electron chi connectivity index (χ1n) is 5.35. The van der Waals surface area contributed by atoms with Crippen molar-refractivity contribution in [2.45, 2.75) is 0 Å². The number of aliphatic carboxylic acids is 1. The van der Waals surface area contributed by atoms with E-state index in [0.29, 0.717) is 0 Å². The SMILES string of the molecule is CN(C)C(=O)CN(C)C(=O)N(CC(N)=O)CC(=O)O. The number of carbonyl (C=O) groups is 4. The zero-order valence-corrected chi connectivity index (χ0v) is 11.1. The Balaban J connectivity index is 4.73. The summed E-state index contributed by atoms with van der Waals surface area (Å²) in [6.07, 6.45) is 0. The van der Waals surface area contributed by atoms with Gasteiger partial charge in [0.2, 0.25) is 11.8 Å². The van der Waals surface area contributed by atoms with Crippen molar-refractivity contribution < 1.29 is 24.3 Å². The number of rotatable bonds is 6. The number of carboxylic acids is 1.